The van der Waals surface area contributed by atoms with Crippen LogP contribution in [0, 0.1) is 0 Å². The van der Waals surface area contributed by atoms with Crippen molar-refractivity contribution in [2.75, 3.05) is 27.2 Å². The molecular weight excluding hydrogens is 705 g/mol. The lowest BCUT2D eigenvalue weighted by Crippen LogP contribution is -2.41. The van der Waals surface area contributed by atoms with Crippen molar-refractivity contribution in [2.24, 2.45) is 0 Å². The van der Waals surface area contributed by atoms with E-state index in [0.29, 0.717) is 11.9 Å². The van der Waals surface area contributed by atoms with Crippen molar-refractivity contribution in [1.82, 2.24) is 9.80 Å². The Kier molecular flexibility index (Phi) is 45.8. The first kappa shape index (κ1) is 55.9. The fourth-order valence-electron chi connectivity index (χ4n) is 7.78. The van der Waals surface area contributed by atoms with Crippen LogP contribution in [0.1, 0.15) is 239 Å². The number of amides is 1. The molecule has 0 heterocycles. The van der Waals surface area contributed by atoms with Gasteiger partial charge in [0.05, 0.1) is 0 Å². The third-order valence-corrected chi connectivity index (χ3v) is 11.5. The van der Waals surface area contributed by atoms with Crippen molar-refractivity contribution in [3.63, 3.8) is 0 Å². The number of carbonyl (C=O) groups is 1. The first-order chi connectivity index (χ1) is 28.6. The molecule has 0 saturated heterocycles. The summed E-state index contributed by atoms with van der Waals surface area (Å²) in [6, 6.07) is 0.411. The number of hydrogen-bond acceptors (Lipinski definition) is 2. The summed E-state index contributed by atoms with van der Waals surface area (Å²) in [7, 11) is 4.32. The molecule has 336 valence electrons. The predicted molar refractivity (Wildman–Crippen MR) is 263 cm³/mol. The van der Waals surface area contributed by atoms with Gasteiger partial charge in [-0.1, -0.05) is 190 Å². The zero-order valence-electron chi connectivity index (χ0n) is 39.6. The fourth-order valence-corrected chi connectivity index (χ4v) is 7.78. The quantitative estimate of drug-likeness (QED) is 0.0452. The Bertz CT molecular complexity index is 955. The summed E-state index contributed by atoms with van der Waals surface area (Å²) in [5.41, 5.74) is 0. The van der Waals surface area contributed by atoms with Crippen LogP contribution in [0.15, 0.2) is 73.4 Å². The highest BCUT2D eigenvalue weighted by molar-refractivity contribution is 5.76. The minimum absolute atomic E-state index is 0.411. The summed E-state index contributed by atoms with van der Waals surface area (Å²) < 4.78 is 0. The highest BCUT2D eigenvalue weighted by atomic mass is 16.2. The first-order valence-corrected chi connectivity index (χ1v) is 25.4. The molecule has 0 aromatic heterocycles. The summed E-state index contributed by atoms with van der Waals surface area (Å²) in [5.74, 6) is 0.427. The van der Waals surface area contributed by atoms with E-state index in [1.807, 2.05) is 6.08 Å². The van der Waals surface area contributed by atoms with E-state index in [1.54, 1.807) is 0 Å². The van der Waals surface area contributed by atoms with Gasteiger partial charge in [0, 0.05) is 19.0 Å². The molecule has 3 heteroatoms. The maximum absolute atomic E-state index is 13.9. The zero-order valence-corrected chi connectivity index (χ0v) is 39.6. The number of unbranched alkanes of at least 4 members (excludes halogenated alkanes) is 23. The van der Waals surface area contributed by atoms with Crippen LogP contribution in [0.4, 0.5) is 0 Å². The van der Waals surface area contributed by atoms with Crippen molar-refractivity contribution in [3.05, 3.63) is 73.4 Å². The van der Waals surface area contributed by atoms with Gasteiger partial charge in [-0.05, 0) is 130 Å². The van der Waals surface area contributed by atoms with Gasteiger partial charge in [0.25, 0.3) is 0 Å². The highest BCUT2D eigenvalue weighted by Crippen LogP contribution is 2.22. The molecule has 0 rings (SSSR count). The Morgan fingerprint density at radius 3 is 1.19 bits per heavy atom. The summed E-state index contributed by atoms with van der Waals surface area (Å²) in [5, 5.41) is 0. The van der Waals surface area contributed by atoms with Gasteiger partial charge >= 0.3 is 0 Å². The Balaban J connectivity index is 4.84. The highest BCUT2D eigenvalue weighted by Gasteiger charge is 2.22. The average Bonchev–Trinajstić information content (AvgIpc) is 3.22. The Labute approximate surface area is 364 Å². The van der Waals surface area contributed by atoms with Gasteiger partial charge in [0.15, 0.2) is 0 Å². The third-order valence-electron chi connectivity index (χ3n) is 11.5. The van der Waals surface area contributed by atoms with Gasteiger partial charge in [-0.25, -0.2) is 0 Å². The molecule has 0 saturated carbocycles. The van der Waals surface area contributed by atoms with Crippen molar-refractivity contribution < 1.29 is 4.79 Å². The maximum Gasteiger partial charge on any atom is 0.222 e. The molecule has 3 nitrogen and oxygen atoms in total. The normalized spacial score (nSPS) is 12.4. The molecule has 0 fully saturated rings. The lowest BCUT2D eigenvalue weighted by atomic mass is 9.97. The summed E-state index contributed by atoms with van der Waals surface area (Å²) in [4.78, 5) is 18.6. The van der Waals surface area contributed by atoms with E-state index in [4.69, 9.17) is 0 Å². The van der Waals surface area contributed by atoms with Gasteiger partial charge in [0.1, 0.15) is 0 Å². The Morgan fingerprint density at radius 2 is 0.793 bits per heavy atom. The van der Waals surface area contributed by atoms with E-state index in [-0.39, 0.29) is 0 Å². The minimum atomic E-state index is 0.411. The number of nitrogens with zero attached hydrogens (tertiary/aromatic N) is 2. The number of hydrogen-bond donors (Lipinski definition) is 0. The van der Waals surface area contributed by atoms with Crippen molar-refractivity contribution in [2.45, 2.75) is 245 Å². The molecule has 0 aromatic rings. The summed E-state index contributed by atoms with van der Waals surface area (Å²) in [6.45, 7) is 10.3. The molecule has 0 aliphatic heterocycles. The largest absolute Gasteiger partial charge is 0.340 e. The Hall–Kier alpha value is -2.13. The van der Waals surface area contributed by atoms with E-state index >= 15 is 0 Å². The molecule has 0 N–H and O–H groups in total. The van der Waals surface area contributed by atoms with Crippen LogP contribution in [-0.2, 0) is 4.79 Å². The topological polar surface area (TPSA) is 23.6 Å². The maximum atomic E-state index is 13.9. The lowest BCUT2D eigenvalue weighted by molar-refractivity contribution is -0.134. The second-order valence-electron chi connectivity index (χ2n) is 17.4. The van der Waals surface area contributed by atoms with E-state index in [0.717, 1.165) is 58.0 Å². The fraction of sp³-hybridized carbons (Fsp3) is 0.764. The van der Waals surface area contributed by atoms with E-state index in [1.165, 1.54) is 180 Å². The van der Waals surface area contributed by atoms with Crippen LogP contribution in [0.5, 0.6) is 0 Å². The SMILES string of the molecule is C=CC/C=C\CCCCCCCC(=O)N(CCCN(C)C)C(CCCCCCCC/C=C\C/C=C\CCCCC)CCCCCCCC/C=C\C/C=C\CCCCC. The molecule has 0 unspecified atom stereocenters. The van der Waals surface area contributed by atoms with Crippen molar-refractivity contribution >= 4 is 5.91 Å². The standard InChI is InChI=1S/C55H100N2O/c1-6-9-12-15-18-21-24-26-28-30-32-34-36-39-42-45-49-54(50-46-43-40-37-35-33-31-29-27-25-22-19-16-13-10-7-2)57(53-48-52-56(4)5)55(58)51-47-44-41-38-23-20-17-14-11-8-3/h8,14,17-19,21-22,26-29,54H,3,6-7,9-13,15-16,20,23-25,30-53H2,1-2,4-5H3/b17-14-,21-18-,22-19-,28-26-,29-27-. The Morgan fingerprint density at radius 1 is 0.431 bits per heavy atom. The molecule has 0 aliphatic rings. The van der Waals surface area contributed by atoms with E-state index in [9.17, 15) is 4.79 Å². The molecule has 0 spiro atoms. The van der Waals surface area contributed by atoms with Crippen LogP contribution in [0.3, 0.4) is 0 Å². The summed E-state index contributed by atoms with van der Waals surface area (Å²) in [6.07, 6.45) is 68.5. The third kappa shape index (κ3) is 42.0. The van der Waals surface area contributed by atoms with Crippen LogP contribution in [0.25, 0.3) is 0 Å². The summed E-state index contributed by atoms with van der Waals surface area (Å²) >= 11 is 0. The van der Waals surface area contributed by atoms with Gasteiger partial charge in [-0.3, -0.25) is 4.79 Å². The molecular formula is C55H100N2O. The van der Waals surface area contributed by atoms with Gasteiger partial charge in [-0.2, -0.15) is 0 Å². The van der Waals surface area contributed by atoms with Crippen LogP contribution in [0.2, 0.25) is 0 Å². The number of allylic oxidation sites excluding steroid dienone is 11. The van der Waals surface area contributed by atoms with Crippen molar-refractivity contribution in [1.29, 1.82) is 0 Å². The van der Waals surface area contributed by atoms with E-state index in [2.05, 4.69) is 105 Å². The van der Waals surface area contributed by atoms with Crippen LogP contribution in [-0.4, -0.2) is 48.9 Å². The smallest absolute Gasteiger partial charge is 0.222 e. The lowest BCUT2D eigenvalue weighted by Gasteiger charge is -2.33. The second kappa shape index (κ2) is 47.5. The molecule has 0 radical (unpaired) electrons. The molecule has 0 aliphatic carbocycles. The second-order valence-corrected chi connectivity index (χ2v) is 17.4. The minimum Gasteiger partial charge on any atom is -0.340 e. The average molecular weight is 805 g/mol. The zero-order chi connectivity index (χ0) is 42.3. The van der Waals surface area contributed by atoms with Crippen LogP contribution < -0.4 is 0 Å². The van der Waals surface area contributed by atoms with Gasteiger partial charge in [-0.15, -0.1) is 6.58 Å². The molecule has 0 aromatic carbocycles. The molecule has 58 heavy (non-hydrogen) atoms. The van der Waals surface area contributed by atoms with Crippen LogP contribution >= 0.6 is 0 Å². The first-order valence-electron chi connectivity index (χ1n) is 25.4. The predicted octanol–water partition coefficient (Wildman–Crippen LogP) is 17.4. The van der Waals surface area contributed by atoms with Gasteiger partial charge in [0.2, 0.25) is 5.91 Å². The number of carbonyl (C=O) groups excluding carboxylic acids is 1. The van der Waals surface area contributed by atoms with Crippen molar-refractivity contribution in [3.8, 4) is 0 Å². The molecule has 0 bridgehead atoms. The number of rotatable bonds is 45. The molecule has 1 amide bonds. The molecule has 0 atom stereocenters. The van der Waals surface area contributed by atoms with Gasteiger partial charge < -0.3 is 9.80 Å². The van der Waals surface area contributed by atoms with E-state index < -0.39 is 0 Å². The monoisotopic (exact) mass is 805 g/mol.